The van der Waals surface area contributed by atoms with Gasteiger partial charge in [-0.2, -0.15) is 0 Å². The fourth-order valence-electron chi connectivity index (χ4n) is 14.4. The zero-order chi connectivity index (χ0) is 51.2. The predicted molar refractivity (Wildman–Crippen MR) is 301 cm³/mol. The van der Waals surface area contributed by atoms with Crippen LogP contribution in [-0.4, -0.2) is 74.7 Å². The molecule has 3 saturated carbocycles. The quantitative estimate of drug-likeness (QED) is 0.0268. The van der Waals surface area contributed by atoms with Gasteiger partial charge in [-0.15, -0.1) is 0 Å². The highest BCUT2D eigenvalue weighted by atomic mass is 16.5. The first kappa shape index (κ1) is 62.6. The van der Waals surface area contributed by atoms with Crippen molar-refractivity contribution in [1.29, 1.82) is 0 Å². The summed E-state index contributed by atoms with van der Waals surface area (Å²) in [6.45, 7) is 26.9. The number of likely N-dealkylation sites (N-methyl/N-ethyl adjacent to an activating group) is 1. The molecule has 0 spiro atoms. The van der Waals surface area contributed by atoms with Crippen LogP contribution in [0.25, 0.3) is 0 Å². The number of allylic oxidation sites excluding steroid dienone is 3. The number of nitrogens with zero attached hydrogens (tertiary/aromatic N) is 2. The highest BCUT2D eigenvalue weighted by Crippen LogP contribution is 2.67. The fourth-order valence-corrected chi connectivity index (χ4v) is 14.4. The topological polar surface area (TPSA) is 59.1 Å². The molecule has 70 heavy (non-hydrogen) atoms. The predicted octanol–water partition coefficient (Wildman–Crippen LogP) is 17.9. The molecule has 0 heterocycles. The molecule has 4 aliphatic rings. The number of esters is 1. The first-order valence-corrected chi connectivity index (χ1v) is 30.8. The minimum absolute atomic E-state index is 0.0514. The molecule has 4 aliphatic carbocycles. The van der Waals surface area contributed by atoms with Gasteiger partial charge in [-0.05, 0) is 183 Å². The minimum Gasteiger partial charge on any atom is -0.464 e. The van der Waals surface area contributed by atoms with Gasteiger partial charge in [0.1, 0.15) is 12.2 Å². The second-order valence-electron chi connectivity index (χ2n) is 24.7. The van der Waals surface area contributed by atoms with Crippen LogP contribution in [-0.2, 0) is 19.1 Å². The number of fused-ring (bicyclic) bond motifs is 5. The lowest BCUT2D eigenvalue weighted by Gasteiger charge is -2.58. The number of rotatable bonds is 37. The molecule has 0 radical (unpaired) electrons. The van der Waals surface area contributed by atoms with Crippen molar-refractivity contribution in [3.8, 4) is 0 Å². The highest BCUT2D eigenvalue weighted by molar-refractivity contribution is 5.69. The maximum Gasteiger partial charge on any atom is 0.306 e. The van der Waals surface area contributed by atoms with Crippen LogP contribution in [0.2, 0.25) is 0 Å². The first-order chi connectivity index (χ1) is 33.8. The highest BCUT2D eigenvalue weighted by Gasteiger charge is 2.59. The van der Waals surface area contributed by atoms with Crippen molar-refractivity contribution in [2.24, 2.45) is 46.3 Å². The molecule has 6 nitrogen and oxygen atoms in total. The lowest BCUT2D eigenvalue weighted by molar-refractivity contribution is -0.150. The van der Waals surface area contributed by atoms with Crippen molar-refractivity contribution in [3.05, 3.63) is 23.3 Å². The Labute approximate surface area is 435 Å². The third-order valence-electron chi connectivity index (χ3n) is 18.9. The summed E-state index contributed by atoms with van der Waals surface area (Å²) in [5.74, 6) is 5.07. The number of unbranched alkanes of at least 4 members (excludes halogenated alkanes) is 16. The summed E-state index contributed by atoms with van der Waals surface area (Å²) in [6, 6.07) is 0. The van der Waals surface area contributed by atoms with E-state index < -0.39 is 0 Å². The first-order valence-electron chi connectivity index (χ1n) is 30.8. The Bertz CT molecular complexity index is 1420. The van der Waals surface area contributed by atoms with E-state index in [1.807, 2.05) is 0 Å². The summed E-state index contributed by atoms with van der Waals surface area (Å²) in [6.07, 6.45) is 46.4. The van der Waals surface area contributed by atoms with Crippen LogP contribution in [0.5, 0.6) is 0 Å². The van der Waals surface area contributed by atoms with E-state index in [4.69, 9.17) is 9.47 Å². The average Bonchev–Trinajstić information content (AvgIpc) is 3.70. The molecule has 0 amide bonds. The molecule has 0 aromatic heterocycles. The molecule has 8 atom stereocenters. The molecule has 0 N–H and O–H groups in total. The van der Waals surface area contributed by atoms with E-state index >= 15 is 0 Å². The van der Waals surface area contributed by atoms with Crippen molar-refractivity contribution in [2.75, 3.05) is 40.3 Å². The SMILES string of the molecule is C/C=C(\CCC(C)C1CCC2C3CC=C4CC(OC=O)CCC4(C)C3CCC12C)C(C)C.CCCCCCCCC(CCCCCCCC)OC(=O)CCCCCCN(CCCCCC)CCN(C)C. The Balaban J connectivity index is 0.000000374. The monoisotopic (exact) mass is 979 g/mol. The molecular weight excluding hydrogens is 861 g/mol. The Kier molecular flexibility index (Phi) is 31.8. The van der Waals surface area contributed by atoms with Crippen molar-refractivity contribution >= 4 is 12.4 Å². The third kappa shape index (κ3) is 21.7. The van der Waals surface area contributed by atoms with Crippen LogP contribution in [0.15, 0.2) is 23.3 Å². The van der Waals surface area contributed by atoms with Gasteiger partial charge in [-0.3, -0.25) is 9.59 Å². The van der Waals surface area contributed by atoms with E-state index in [-0.39, 0.29) is 18.2 Å². The number of carbonyl (C=O) groups is 2. The van der Waals surface area contributed by atoms with E-state index in [1.165, 1.54) is 187 Å². The zero-order valence-corrected chi connectivity index (χ0v) is 48.5. The average molecular weight is 980 g/mol. The second kappa shape index (κ2) is 35.5. The van der Waals surface area contributed by atoms with Gasteiger partial charge >= 0.3 is 5.97 Å². The molecule has 408 valence electrons. The number of hydrogen-bond acceptors (Lipinski definition) is 6. The van der Waals surface area contributed by atoms with Crippen molar-refractivity contribution in [1.82, 2.24) is 9.80 Å². The van der Waals surface area contributed by atoms with E-state index in [9.17, 15) is 9.59 Å². The van der Waals surface area contributed by atoms with Crippen LogP contribution in [0.3, 0.4) is 0 Å². The van der Waals surface area contributed by atoms with Gasteiger partial charge in [-0.25, -0.2) is 0 Å². The standard InChI is InChI=1S/C34H70N2O2.C30H48O2/c1-6-9-12-15-17-21-26-33(27-22-18-16-13-10-7-2)38-34(37)28-23-19-20-25-30-36(32-31-35(4)5)29-24-14-11-8-3;1-7-22(20(2)3)9-8-21(4)26-12-13-27-25-11-10-23-18-24(32-19-31)14-16-29(23,5)28(25)15-17-30(26,27)6/h33H,6-32H2,1-5H3;7,10,19-21,24-28H,8-9,11-18H2,1-6H3/b;22-7+. The van der Waals surface area contributed by atoms with Gasteiger partial charge in [0, 0.05) is 25.9 Å². The van der Waals surface area contributed by atoms with Crippen LogP contribution < -0.4 is 0 Å². The Morgan fingerprint density at radius 1 is 0.686 bits per heavy atom. The van der Waals surface area contributed by atoms with E-state index in [2.05, 4.69) is 98.4 Å². The minimum atomic E-state index is 0.0514. The van der Waals surface area contributed by atoms with Crippen LogP contribution in [0, 0.1) is 46.3 Å². The number of hydrogen-bond donors (Lipinski definition) is 0. The van der Waals surface area contributed by atoms with Gasteiger partial charge in [0.2, 0.25) is 0 Å². The summed E-state index contributed by atoms with van der Waals surface area (Å²) in [5, 5.41) is 0. The molecule has 0 aromatic rings. The maximum absolute atomic E-state index is 12.6. The third-order valence-corrected chi connectivity index (χ3v) is 18.9. The molecule has 4 rings (SSSR count). The van der Waals surface area contributed by atoms with Crippen molar-refractivity contribution in [2.45, 2.75) is 286 Å². The molecule has 6 heteroatoms. The van der Waals surface area contributed by atoms with E-state index in [0.29, 0.717) is 29.6 Å². The van der Waals surface area contributed by atoms with E-state index in [1.54, 1.807) is 11.1 Å². The summed E-state index contributed by atoms with van der Waals surface area (Å²) in [7, 11) is 4.33. The largest absolute Gasteiger partial charge is 0.464 e. The van der Waals surface area contributed by atoms with Gasteiger partial charge < -0.3 is 19.3 Å². The Morgan fingerprint density at radius 3 is 1.86 bits per heavy atom. The Morgan fingerprint density at radius 2 is 1.27 bits per heavy atom. The second-order valence-corrected chi connectivity index (χ2v) is 24.7. The number of ether oxygens (including phenoxy) is 2. The van der Waals surface area contributed by atoms with Gasteiger partial charge in [0.25, 0.3) is 6.47 Å². The lowest BCUT2D eigenvalue weighted by Crippen LogP contribution is -2.51. The summed E-state index contributed by atoms with van der Waals surface area (Å²) >= 11 is 0. The summed E-state index contributed by atoms with van der Waals surface area (Å²) in [5.41, 5.74) is 4.13. The molecule has 8 unspecified atom stereocenters. The zero-order valence-electron chi connectivity index (χ0n) is 48.5. The molecule has 0 aliphatic heterocycles. The molecule has 3 fully saturated rings. The number of carbonyl (C=O) groups excluding carboxylic acids is 2. The molecule has 0 aromatic carbocycles. The van der Waals surface area contributed by atoms with E-state index in [0.717, 1.165) is 74.7 Å². The Hall–Kier alpha value is -1.66. The summed E-state index contributed by atoms with van der Waals surface area (Å²) in [4.78, 5) is 28.4. The van der Waals surface area contributed by atoms with Crippen molar-refractivity contribution < 1.29 is 19.1 Å². The van der Waals surface area contributed by atoms with Gasteiger partial charge in [0.05, 0.1) is 0 Å². The van der Waals surface area contributed by atoms with Crippen molar-refractivity contribution in [3.63, 3.8) is 0 Å². The van der Waals surface area contributed by atoms with Crippen LogP contribution >= 0.6 is 0 Å². The normalized spacial score (nSPS) is 25.8. The van der Waals surface area contributed by atoms with Crippen LogP contribution in [0.1, 0.15) is 274 Å². The molecule has 0 bridgehead atoms. The maximum atomic E-state index is 12.6. The molecule has 0 saturated heterocycles. The van der Waals surface area contributed by atoms with Gasteiger partial charge in [0.15, 0.2) is 0 Å². The van der Waals surface area contributed by atoms with Crippen LogP contribution in [0.4, 0.5) is 0 Å². The molecular formula is C64H118N2O4. The summed E-state index contributed by atoms with van der Waals surface area (Å²) < 4.78 is 11.4. The smallest absolute Gasteiger partial charge is 0.306 e. The lowest BCUT2D eigenvalue weighted by atomic mass is 9.47. The fraction of sp³-hybridized carbons (Fsp3) is 0.906. The van der Waals surface area contributed by atoms with Gasteiger partial charge in [-0.1, -0.05) is 175 Å².